The molecule has 0 N–H and O–H groups in total. The standard InChI is InChI=1S/2C3H9P.CClO.Rh/c2*1-4(2)3;2-1-3;/h2*1-3H3;;/q;;;-2/p+2. The Morgan fingerprint density at radius 3 is 1.25 bits per heavy atom. The Labute approximate surface area is 86.2 Å². The Morgan fingerprint density at radius 2 is 1.25 bits per heavy atom. The normalized spacial score (nSPS) is 17.1. The molecule has 0 spiro atoms. The predicted octanol–water partition coefficient (Wildman–Crippen LogP) is 3.07. The van der Waals surface area contributed by atoms with Gasteiger partial charge in [-0.15, -0.1) is 0 Å². The molecule has 0 fully saturated rings. The summed E-state index contributed by atoms with van der Waals surface area (Å²) in [6.07, 6.45) is 0. The molecule has 0 aliphatic rings. The van der Waals surface area contributed by atoms with Crippen LogP contribution in [0.25, 0.3) is 0 Å². The third kappa shape index (κ3) is 4.10. The minimum absolute atomic E-state index is 0.0266. The van der Waals surface area contributed by atoms with Gasteiger partial charge in [-0.1, -0.05) is 0 Å². The predicted molar refractivity (Wildman–Crippen MR) is 63.4 cm³/mol. The molecule has 0 radical (unpaired) electrons. The van der Waals surface area contributed by atoms with Crippen molar-refractivity contribution in [1.82, 2.24) is 0 Å². The molecule has 0 atom stereocenters. The van der Waals surface area contributed by atoms with Gasteiger partial charge in [-0.2, -0.15) is 0 Å². The van der Waals surface area contributed by atoms with Crippen LogP contribution in [-0.2, 0) is 15.0 Å². The van der Waals surface area contributed by atoms with Crippen molar-refractivity contribution in [3.05, 3.63) is 0 Å². The van der Waals surface area contributed by atoms with Gasteiger partial charge in [0.05, 0.1) is 0 Å². The number of carbonyl (C=O) groups is 1. The van der Waals surface area contributed by atoms with Crippen LogP contribution in [0.4, 0.5) is 4.79 Å². The first-order valence-corrected chi connectivity index (χ1v) is 16.7. The molecule has 0 amide bonds. The molecule has 0 unspecified atom stereocenters. The molecular formula is C7H20ClOP2Rh. The summed E-state index contributed by atoms with van der Waals surface area (Å²) in [5.41, 5.74) is -2.55. The fourth-order valence-electron chi connectivity index (χ4n) is 1.14. The van der Waals surface area contributed by atoms with E-state index in [0.717, 1.165) is 0 Å². The van der Waals surface area contributed by atoms with Gasteiger partial charge >= 0.3 is 86.4 Å². The molecule has 5 heteroatoms. The molecule has 0 saturated carbocycles. The second-order valence-electron chi connectivity index (χ2n) is 4.46. The van der Waals surface area contributed by atoms with Crippen molar-refractivity contribution in [2.24, 2.45) is 0 Å². The van der Waals surface area contributed by atoms with Gasteiger partial charge in [0.15, 0.2) is 0 Å². The molecule has 1 nitrogen and oxygen atoms in total. The molecule has 0 aromatic carbocycles. The number of hydrogen-bond acceptors (Lipinski definition) is 1. The van der Waals surface area contributed by atoms with Crippen LogP contribution >= 0.6 is 22.8 Å². The van der Waals surface area contributed by atoms with Crippen molar-refractivity contribution in [1.29, 1.82) is 0 Å². The molecule has 0 aliphatic heterocycles. The SMILES string of the molecule is C[PH](C)(C)[Rh]([C](=O)Cl)[PH](C)(C)C. The van der Waals surface area contributed by atoms with E-state index in [0.29, 0.717) is 0 Å². The summed E-state index contributed by atoms with van der Waals surface area (Å²) in [5, 5.41) is 0. The Kier molecular flexibility index (Phi) is 4.83. The maximum atomic E-state index is 11.3. The van der Waals surface area contributed by atoms with Crippen molar-refractivity contribution in [2.45, 2.75) is 0 Å². The number of carbonyl (C=O) groups excluding carboxylic acids is 1. The summed E-state index contributed by atoms with van der Waals surface area (Å²) >= 11 is 4.52. The van der Waals surface area contributed by atoms with Crippen LogP contribution in [-0.4, -0.2) is 43.8 Å². The van der Waals surface area contributed by atoms with Crippen LogP contribution < -0.4 is 0 Å². The Morgan fingerprint density at radius 1 is 1.00 bits per heavy atom. The zero-order valence-corrected chi connectivity index (χ0v) is 13.0. The van der Waals surface area contributed by atoms with Crippen molar-refractivity contribution in [2.75, 3.05) is 40.0 Å². The molecule has 80 valence electrons. The number of hydrogen-bond donors (Lipinski definition) is 0. The van der Waals surface area contributed by atoms with Crippen molar-refractivity contribution in [3.8, 4) is 0 Å². The van der Waals surface area contributed by atoms with Gasteiger partial charge in [0.1, 0.15) is 0 Å². The molecule has 0 heterocycles. The second kappa shape index (κ2) is 4.31. The topological polar surface area (TPSA) is 17.1 Å². The fraction of sp³-hybridized carbons (Fsp3) is 0.857. The summed E-state index contributed by atoms with van der Waals surface area (Å²) < 4.78 is 0.0266. The molecule has 0 rings (SSSR count). The van der Waals surface area contributed by atoms with Crippen LogP contribution in [0.3, 0.4) is 0 Å². The van der Waals surface area contributed by atoms with Crippen LogP contribution in [0.5, 0.6) is 0 Å². The fourth-order valence-corrected chi connectivity index (χ4v) is 53.6. The van der Waals surface area contributed by atoms with E-state index in [9.17, 15) is 4.79 Å². The maximum absolute atomic E-state index is 11.3. The van der Waals surface area contributed by atoms with Crippen LogP contribution in [0.2, 0.25) is 0 Å². The first-order chi connectivity index (χ1) is 5.07. The summed E-state index contributed by atoms with van der Waals surface area (Å²) in [4.78, 5) is 11.3. The summed E-state index contributed by atoms with van der Waals surface area (Å²) in [5.74, 6) is 0. The van der Waals surface area contributed by atoms with Crippen molar-refractivity contribution < 1.29 is 19.8 Å². The first-order valence-electron chi connectivity index (χ1n) is 3.89. The van der Waals surface area contributed by atoms with Gasteiger partial charge in [-0.05, 0) is 0 Å². The Bertz CT molecular complexity index is 169. The van der Waals surface area contributed by atoms with E-state index in [2.05, 4.69) is 40.0 Å². The van der Waals surface area contributed by atoms with E-state index < -0.39 is 26.2 Å². The monoisotopic (exact) mass is 320 g/mol. The average molecular weight is 321 g/mol. The van der Waals surface area contributed by atoms with Gasteiger partial charge in [0.2, 0.25) is 0 Å². The van der Waals surface area contributed by atoms with Gasteiger partial charge in [0, 0.05) is 0 Å². The van der Waals surface area contributed by atoms with E-state index in [4.69, 9.17) is 11.6 Å². The van der Waals surface area contributed by atoms with E-state index in [-0.39, 0.29) is 3.84 Å². The molecular weight excluding hydrogens is 300 g/mol. The quantitative estimate of drug-likeness (QED) is 0.444. The Hall–Kier alpha value is 1.44. The van der Waals surface area contributed by atoms with E-state index >= 15 is 0 Å². The average Bonchev–Trinajstić information content (AvgIpc) is 1.49. The van der Waals surface area contributed by atoms with Crippen LogP contribution in [0.15, 0.2) is 0 Å². The summed E-state index contributed by atoms with van der Waals surface area (Å²) in [6, 6.07) is 0. The molecule has 12 heavy (non-hydrogen) atoms. The van der Waals surface area contributed by atoms with Gasteiger partial charge < -0.3 is 0 Å². The van der Waals surface area contributed by atoms with Crippen molar-refractivity contribution >= 4 is 26.6 Å². The van der Waals surface area contributed by atoms with E-state index in [1.807, 2.05) is 0 Å². The van der Waals surface area contributed by atoms with Crippen LogP contribution in [0.1, 0.15) is 0 Å². The summed E-state index contributed by atoms with van der Waals surface area (Å²) in [7, 11) is 0. The zero-order valence-electron chi connectivity index (χ0n) is 8.62. The molecule has 0 aromatic rings. The van der Waals surface area contributed by atoms with Gasteiger partial charge in [-0.3, -0.25) is 0 Å². The van der Waals surface area contributed by atoms with E-state index in [1.54, 1.807) is 0 Å². The van der Waals surface area contributed by atoms with Gasteiger partial charge in [0.25, 0.3) is 0 Å². The van der Waals surface area contributed by atoms with Crippen molar-refractivity contribution in [3.63, 3.8) is 0 Å². The second-order valence-corrected chi connectivity index (χ2v) is 35.9. The molecule has 0 aliphatic carbocycles. The molecule has 0 saturated heterocycles. The zero-order chi connectivity index (χ0) is 10.2. The number of halogens is 1. The Balaban J connectivity index is 4.82. The summed E-state index contributed by atoms with van der Waals surface area (Å²) in [6.45, 7) is 13.7. The molecule has 0 aromatic heterocycles. The molecule has 0 bridgehead atoms. The third-order valence-electron chi connectivity index (χ3n) is 1.13. The van der Waals surface area contributed by atoms with E-state index in [1.165, 1.54) is 0 Å². The van der Waals surface area contributed by atoms with Gasteiger partial charge in [-0.25, -0.2) is 0 Å². The minimum atomic E-state index is -1.27. The van der Waals surface area contributed by atoms with Crippen LogP contribution in [0, 0.1) is 0 Å². The first kappa shape index (κ1) is 13.4. The number of rotatable bonds is 3. The third-order valence-corrected chi connectivity index (χ3v) is 40.1.